The van der Waals surface area contributed by atoms with E-state index >= 15 is 0 Å². The van der Waals surface area contributed by atoms with Crippen molar-refractivity contribution in [3.8, 4) is 0 Å². The molecule has 4 atom stereocenters. The topological polar surface area (TPSA) is 65.4 Å². The highest BCUT2D eigenvalue weighted by Crippen LogP contribution is 2.40. The molecule has 1 saturated heterocycles. The molecular weight excluding hydrogens is 266 g/mol. The zero-order valence-corrected chi connectivity index (χ0v) is 11.3. The van der Waals surface area contributed by atoms with Crippen LogP contribution in [-0.2, 0) is 4.74 Å². The van der Waals surface area contributed by atoms with Gasteiger partial charge in [0.05, 0.1) is 11.8 Å². The number of fused-ring (bicyclic) bond motifs is 1. The standard InChI is InChI=1S/C13H16F2N4O/c1-3-9-6(2)10(14)11(20-9)7-4-5-8-12(16)17-13(15)18-19(7)8/h4-6,9-11H,3H2,1-2H3,(H2,16,17,18)/t6-,9-,10-,11?/m1/s1. The third-order valence-corrected chi connectivity index (χ3v) is 3.94. The van der Waals surface area contributed by atoms with Crippen LogP contribution in [0.2, 0.25) is 0 Å². The Labute approximate surface area is 114 Å². The zero-order valence-electron chi connectivity index (χ0n) is 11.3. The van der Waals surface area contributed by atoms with Gasteiger partial charge in [0.1, 0.15) is 17.8 Å². The molecule has 20 heavy (non-hydrogen) atoms. The third-order valence-electron chi connectivity index (χ3n) is 3.94. The van der Waals surface area contributed by atoms with E-state index in [0.717, 1.165) is 6.42 Å². The van der Waals surface area contributed by atoms with Crippen molar-refractivity contribution >= 4 is 11.3 Å². The van der Waals surface area contributed by atoms with Crippen LogP contribution in [0.1, 0.15) is 32.1 Å². The van der Waals surface area contributed by atoms with Gasteiger partial charge in [0, 0.05) is 5.92 Å². The Kier molecular flexibility index (Phi) is 3.08. The molecule has 1 fully saturated rings. The summed E-state index contributed by atoms with van der Waals surface area (Å²) in [4.78, 5) is 3.45. The average molecular weight is 282 g/mol. The fourth-order valence-corrected chi connectivity index (χ4v) is 2.80. The van der Waals surface area contributed by atoms with E-state index in [9.17, 15) is 8.78 Å². The molecule has 2 aromatic heterocycles. The first-order valence-electron chi connectivity index (χ1n) is 6.63. The molecule has 1 aliphatic rings. The largest absolute Gasteiger partial charge is 0.382 e. The number of ether oxygens (including phenoxy) is 1. The van der Waals surface area contributed by atoms with Crippen LogP contribution in [0.5, 0.6) is 0 Å². The van der Waals surface area contributed by atoms with Gasteiger partial charge in [-0.05, 0) is 18.6 Å². The van der Waals surface area contributed by atoms with E-state index < -0.39 is 18.4 Å². The Morgan fingerprint density at radius 3 is 2.85 bits per heavy atom. The molecule has 0 aromatic carbocycles. The summed E-state index contributed by atoms with van der Waals surface area (Å²) in [6, 6.07) is 3.30. The molecule has 108 valence electrons. The van der Waals surface area contributed by atoms with E-state index in [1.807, 2.05) is 13.8 Å². The summed E-state index contributed by atoms with van der Waals surface area (Å²) in [7, 11) is 0. The molecule has 2 N–H and O–H groups in total. The molecule has 0 aliphatic carbocycles. The Hall–Kier alpha value is -1.76. The summed E-state index contributed by atoms with van der Waals surface area (Å²) in [6.45, 7) is 3.77. The highest BCUT2D eigenvalue weighted by Gasteiger charge is 2.43. The van der Waals surface area contributed by atoms with Gasteiger partial charge in [0.25, 0.3) is 0 Å². The summed E-state index contributed by atoms with van der Waals surface area (Å²) in [5.74, 6) is -0.183. The van der Waals surface area contributed by atoms with Crippen molar-refractivity contribution in [1.29, 1.82) is 0 Å². The van der Waals surface area contributed by atoms with Crippen molar-refractivity contribution in [3.63, 3.8) is 0 Å². The van der Waals surface area contributed by atoms with Gasteiger partial charge in [0.2, 0.25) is 0 Å². The molecule has 0 radical (unpaired) electrons. The second-order valence-corrected chi connectivity index (χ2v) is 5.13. The van der Waals surface area contributed by atoms with Gasteiger partial charge in [-0.1, -0.05) is 13.8 Å². The summed E-state index contributed by atoms with van der Waals surface area (Å²) >= 11 is 0. The lowest BCUT2D eigenvalue weighted by Gasteiger charge is -2.13. The van der Waals surface area contributed by atoms with E-state index in [2.05, 4.69) is 10.1 Å². The van der Waals surface area contributed by atoms with Crippen molar-refractivity contribution in [3.05, 3.63) is 23.9 Å². The molecule has 3 heterocycles. The van der Waals surface area contributed by atoms with Gasteiger partial charge < -0.3 is 10.5 Å². The Balaban J connectivity index is 2.07. The summed E-state index contributed by atoms with van der Waals surface area (Å²) in [5.41, 5.74) is 6.55. The molecule has 1 unspecified atom stereocenters. The summed E-state index contributed by atoms with van der Waals surface area (Å²) in [6.07, 6.45) is -2.28. The van der Waals surface area contributed by atoms with E-state index in [-0.39, 0.29) is 17.8 Å². The molecule has 7 heteroatoms. The van der Waals surface area contributed by atoms with Gasteiger partial charge >= 0.3 is 6.08 Å². The summed E-state index contributed by atoms with van der Waals surface area (Å²) < 4.78 is 34.7. The number of rotatable bonds is 2. The maximum absolute atomic E-state index is 14.4. The lowest BCUT2D eigenvalue weighted by Crippen LogP contribution is -2.18. The smallest absolute Gasteiger partial charge is 0.327 e. The number of nitrogens with zero attached hydrogens (tertiary/aromatic N) is 3. The third kappa shape index (κ3) is 1.84. The minimum atomic E-state index is -1.16. The molecule has 1 aliphatic heterocycles. The second-order valence-electron chi connectivity index (χ2n) is 5.13. The molecule has 0 spiro atoms. The molecule has 5 nitrogen and oxygen atoms in total. The van der Waals surface area contributed by atoms with E-state index in [1.54, 1.807) is 12.1 Å². The normalized spacial score (nSPS) is 30.2. The molecular formula is C13H16F2N4O. The maximum Gasteiger partial charge on any atom is 0.327 e. The quantitative estimate of drug-likeness (QED) is 0.917. The Morgan fingerprint density at radius 1 is 1.45 bits per heavy atom. The molecule has 0 saturated carbocycles. The van der Waals surface area contributed by atoms with E-state index in [1.165, 1.54) is 4.52 Å². The first-order chi connectivity index (χ1) is 9.52. The van der Waals surface area contributed by atoms with Gasteiger partial charge in [-0.3, -0.25) is 0 Å². The van der Waals surface area contributed by atoms with E-state index in [0.29, 0.717) is 11.2 Å². The first kappa shape index (κ1) is 13.2. The number of anilines is 1. The predicted molar refractivity (Wildman–Crippen MR) is 69.3 cm³/mol. The monoisotopic (exact) mass is 282 g/mol. The minimum Gasteiger partial charge on any atom is -0.382 e. The summed E-state index contributed by atoms with van der Waals surface area (Å²) in [5, 5.41) is 3.66. The molecule has 3 rings (SSSR count). The van der Waals surface area contributed by atoms with Crippen molar-refractivity contribution in [2.24, 2.45) is 5.92 Å². The lowest BCUT2D eigenvalue weighted by atomic mass is 9.97. The fraction of sp³-hybridized carbons (Fsp3) is 0.538. The molecule has 2 aromatic rings. The van der Waals surface area contributed by atoms with Crippen LogP contribution in [0.3, 0.4) is 0 Å². The van der Waals surface area contributed by atoms with Crippen LogP contribution in [0.25, 0.3) is 5.52 Å². The fourth-order valence-electron chi connectivity index (χ4n) is 2.80. The van der Waals surface area contributed by atoms with Crippen LogP contribution in [0.15, 0.2) is 12.1 Å². The average Bonchev–Trinajstić information content (AvgIpc) is 2.93. The van der Waals surface area contributed by atoms with Crippen molar-refractivity contribution in [2.45, 2.75) is 38.6 Å². The van der Waals surface area contributed by atoms with Crippen molar-refractivity contribution in [2.75, 3.05) is 5.73 Å². The molecule has 0 amide bonds. The number of alkyl halides is 1. The number of nitrogens with two attached hydrogens (primary N) is 1. The first-order valence-corrected chi connectivity index (χ1v) is 6.63. The number of aromatic nitrogens is 3. The van der Waals surface area contributed by atoms with Crippen LogP contribution >= 0.6 is 0 Å². The maximum atomic E-state index is 14.4. The van der Waals surface area contributed by atoms with Crippen molar-refractivity contribution < 1.29 is 13.5 Å². The number of hydrogen-bond donors (Lipinski definition) is 1. The zero-order chi connectivity index (χ0) is 14.4. The number of nitrogen functional groups attached to an aromatic ring is 1. The van der Waals surface area contributed by atoms with Crippen molar-refractivity contribution in [1.82, 2.24) is 14.6 Å². The highest BCUT2D eigenvalue weighted by molar-refractivity contribution is 5.65. The molecule has 0 bridgehead atoms. The number of halogens is 2. The Bertz CT molecular complexity index is 645. The SMILES string of the molecule is CC[C@H]1OC(c2ccc3c(N)nc(F)nn23)[C@H](F)[C@@H]1C. The van der Waals surface area contributed by atoms with Gasteiger partial charge in [0.15, 0.2) is 5.82 Å². The Morgan fingerprint density at radius 2 is 2.20 bits per heavy atom. The van der Waals surface area contributed by atoms with E-state index in [4.69, 9.17) is 10.5 Å². The van der Waals surface area contributed by atoms with Crippen LogP contribution < -0.4 is 5.73 Å². The van der Waals surface area contributed by atoms with Crippen LogP contribution in [0, 0.1) is 12.0 Å². The van der Waals surface area contributed by atoms with Crippen LogP contribution in [0.4, 0.5) is 14.6 Å². The number of hydrogen-bond acceptors (Lipinski definition) is 4. The lowest BCUT2D eigenvalue weighted by molar-refractivity contribution is 0.0196. The predicted octanol–water partition coefficient (Wildman–Crippen LogP) is 2.27. The van der Waals surface area contributed by atoms with Gasteiger partial charge in [-0.15, -0.1) is 5.10 Å². The second kappa shape index (κ2) is 4.66. The van der Waals surface area contributed by atoms with Gasteiger partial charge in [-0.2, -0.15) is 9.37 Å². The van der Waals surface area contributed by atoms with Gasteiger partial charge in [-0.25, -0.2) is 8.91 Å². The highest BCUT2D eigenvalue weighted by atomic mass is 19.1. The minimum absolute atomic E-state index is 0.0252. The van der Waals surface area contributed by atoms with Crippen LogP contribution in [-0.4, -0.2) is 26.9 Å².